The van der Waals surface area contributed by atoms with Gasteiger partial charge in [0.2, 0.25) is 0 Å². The number of benzene rings is 2. The molecule has 0 spiro atoms. The fourth-order valence-electron chi connectivity index (χ4n) is 3.24. The second-order valence-corrected chi connectivity index (χ2v) is 6.13. The summed E-state index contributed by atoms with van der Waals surface area (Å²) in [5, 5.41) is 9.89. The maximum Gasteiger partial charge on any atom is 0.127 e. The van der Waals surface area contributed by atoms with Gasteiger partial charge >= 0.3 is 0 Å². The minimum atomic E-state index is -0.158. The van der Waals surface area contributed by atoms with Crippen LogP contribution >= 0.6 is 0 Å². The van der Waals surface area contributed by atoms with Crippen LogP contribution in [0.3, 0.4) is 0 Å². The molecule has 2 aromatic carbocycles. The molecule has 0 amide bonds. The van der Waals surface area contributed by atoms with E-state index >= 15 is 0 Å². The summed E-state index contributed by atoms with van der Waals surface area (Å²) in [6.45, 7) is 7.07. The first-order valence-electron chi connectivity index (χ1n) is 8.47. The monoisotopic (exact) mass is 320 g/mol. The highest BCUT2D eigenvalue weighted by Crippen LogP contribution is 2.35. The molecule has 0 unspecified atom stereocenters. The van der Waals surface area contributed by atoms with Gasteiger partial charge < -0.3 is 10.0 Å². The van der Waals surface area contributed by atoms with Crippen LogP contribution in [0, 0.1) is 0 Å². The van der Waals surface area contributed by atoms with Gasteiger partial charge in [0.05, 0.1) is 18.7 Å². The highest BCUT2D eigenvalue weighted by molar-refractivity contribution is 5.99. The summed E-state index contributed by atoms with van der Waals surface area (Å²) >= 11 is 0. The van der Waals surface area contributed by atoms with Gasteiger partial charge in [-0.25, -0.2) is 0 Å². The maximum absolute atomic E-state index is 9.89. The number of aliphatic hydroxyl groups excluding tert-OH is 1. The molecule has 0 aromatic heterocycles. The van der Waals surface area contributed by atoms with Crippen LogP contribution in [0.25, 0.3) is 0 Å². The van der Waals surface area contributed by atoms with E-state index in [1.165, 1.54) is 11.1 Å². The van der Waals surface area contributed by atoms with Crippen LogP contribution in [-0.4, -0.2) is 28.5 Å². The van der Waals surface area contributed by atoms with Gasteiger partial charge in [0.25, 0.3) is 0 Å². The lowest BCUT2D eigenvalue weighted by molar-refractivity contribution is 0.210. The molecule has 24 heavy (non-hydrogen) atoms. The Morgan fingerprint density at radius 1 is 1.08 bits per heavy atom. The molecule has 2 atom stereocenters. The van der Waals surface area contributed by atoms with Crippen molar-refractivity contribution in [2.45, 2.75) is 32.0 Å². The molecule has 0 aliphatic carbocycles. The van der Waals surface area contributed by atoms with E-state index in [-0.39, 0.29) is 18.7 Å². The second-order valence-electron chi connectivity index (χ2n) is 6.13. The minimum absolute atomic E-state index is 0.0331. The smallest absolute Gasteiger partial charge is 0.127 e. The van der Waals surface area contributed by atoms with Crippen LogP contribution in [-0.2, 0) is 6.54 Å². The normalized spacial score (nSPS) is 20.1. The maximum atomic E-state index is 9.89. The molecule has 0 radical (unpaired) electrons. The van der Waals surface area contributed by atoms with E-state index < -0.39 is 0 Å². The van der Waals surface area contributed by atoms with Crippen LogP contribution in [0.2, 0.25) is 0 Å². The van der Waals surface area contributed by atoms with Crippen LogP contribution < -0.4 is 0 Å². The van der Waals surface area contributed by atoms with Crippen molar-refractivity contribution in [3.05, 3.63) is 83.9 Å². The molecule has 124 valence electrons. The number of amidine groups is 1. The fraction of sp³-hybridized carbons (Fsp3) is 0.286. The lowest BCUT2D eigenvalue weighted by atomic mass is 9.99. The van der Waals surface area contributed by atoms with E-state index in [1.807, 2.05) is 24.3 Å². The number of nitrogens with zero attached hydrogens (tertiary/aromatic N) is 2. The molecule has 0 saturated heterocycles. The molecular formula is C21H24N2O. The molecule has 1 heterocycles. The Bertz CT molecular complexity index is 709. The first kappa shape index (κ1) is 16.5. The Hall–Kier alpha value is -2.39. The first-order chi connectivity index (χ1) is 11.7. The van der Waals surface area contributed by atoms with Crippen molar-refractivity contribution in [1.29, 1.82) is 0 Å². The number of hydrogen-bond donors (Lipinski definition) is 1. The standard InChI is InChI=1S/C21H24N2O/c1-3-16(2)21-22-19(15-24)20(18-12-8-5-9-13-18)23(21)14-17-10-6-4-7-11-17/h4-13,19-20,24H,2-3,14-15H2,1H3/t19-,20+/m1/s1. The predicted molar refractivity (Wildman–Crippen MR) is 98.9 cm³/mol. The minimum Gasteiger partial charge on any atom is -0.394 e. The average molecular weight is 320 g/mol. The van der Waals surface area contributed by atoms with Crippen molar-refractivity contribution < 1.29 is 5.11 Å². The molecule has 0 saturated carbocycles. The molecule has 1 N–H and O–H groups in total. The summed E-state index contributed by atoms with van der Waals surface area (Å²) < 4.78 is 0. The number of aliphatic hydroxyl groups is 1. The van der Waals surface area contributed by atoms with Crippen LogP contribution in [0.5, 0.6) is 0 Å². The lowest BCUT2D eigenvalue weighted by Gasteiger charge is -2.31. The number of aliphatic imine (C=N–C) groups is 1. The fourth-order valence-corrected chi connectivity index (χ4v) is 3.24. The highest BCUT2D eigenvalue weighted by atomic mass is 16.3. The number of hydrogen-bond acceptors (Lipinski definition) is 3. The van der Waals surface area contributed by atoms with E-state index in [2.05, 4.69) is 54.8 Å². The van der Waals surface area contributed by atoms with Crippen LogP contribution in [0.4, 0.5) is 0 Å². The molecule has 3 nitrogen and oxygen atoms in total. The van der Waals surface area contributed by atoms with Crippen molar-refractivity contribution in [3.8, 4) is 0 Å². The number of rotatable bonds is 6. The zero-order valence-corrected chi connectivity index (χ0v) is 14.1. The van der Waals surface area contributed by atoms with E-state index in [1.54, 1.807) is 0 Å². The Morgan fingerprint density at radius 3 is 2.29 bits per heavy atom. The van der Waals surface area contributed by atoms with Crippen LogP contribution in [0.15, 0.2) is 77.8 Å². The van der Waals surface area contributed by atoms with Crippen LogP contribution in [0.1, 0.15) is 30.5 Å². The zero-order valence-electron chi connectivity index (χ0n) is 14.1. The third-order valence-electron chi connectivity index (χ3n) is 4.53. The van der Waals surface area contributed by atoms with Gasteiger partial charge in [-0.1, -0.05) is 74.2 Å². The zero-order chi connectivity index (χ0) is 16.9. The van der Waals surface area contributed by atoms with E-state index in [0.717, 1.165) is 24.4 Å². The molecule has 0 bridgehead atoms. The Labute approximate surface area is 144 Å². The van der Waals surface area contributed by atoms with Crippen molar-refractivity contribution in [3.63, 3.8) is 0 Å². The van der Waals surface area contributed by atoms with Crippen molar-refractivity contribution in [2.24, 2.45) is 4.99 Å². The quantitative estimate of drug-likeness (QED) is 0.874. The Morgan fingerprint density at radius 2 is 1.71 bits per heavy atom. The molecule has 2 aromatic rings. The molecule has 3 heteroatoms. The van der Waals surface area contributed by atoms with Gasteiger partial charge in [0.1, 0.15) is 5.84 Å². The Balaban J connectivity index is 1.99. The van der Waals surface area contributed by atoms with Crippen molar-refractivity contribution in [1.82, 2.24) is 4.90 Å². The van der Waals surface area contributed by atoms with Crippen molar-refractivity contribution >= 4 is 5.84 Å². The van der Waals surface area contributed by atoms with Gasteiger partial charge in [-0.3, -0.25) is 4.99 Å². The third-order valence-corrected chi connectivity index (χ3v) is 4.53. The summed E-state index contributed by atoms with van der Waals surface area (Å²) in [5.41, 5.74) is 3.42. The van der Waals surface area contributed by atoms with E-state index in [9.17, 15) is 5.11 Å². The SMILES string of the molecule is C=C(CC)C1=N[C@H](CO)[C@H](c2ccccc2)N1Cc1ccccc1. The highest BCUT2D eigenvalue weighted by Gasteiger charge is 2.37. The van der Waals surface area contributed by atoms with E-state index in [0.29, 0.717) is 0 Å². The summed E-state index contributed by atoms with van der Waals surface area (Å²) in [5.74, 6) is 0.925. The summed E-state index contributed by atoms with van der Waals surface area (Å²) in [6.07, 6.45) is 0.851. The molecular weight excluding hydrogens is 296 g/mol. The van der Waals surface area contributed by atoms with Crippen molar-refractivity contribution in [2.75, 3.05) is 6.61 Å². The average Bonchev–Trinajstić information content (AvgIpc) is 3.01. The topological polar surface area (TPSA) is 35.8 Å². The lowest BCUT2D eigenvalue weighted by Crippen LogP contribution is -2.34. The first-order valence-corrected chi connectivity index (χ1v) is 8.47. The molecule has 1 aliphatic rings. The molecule has 0 fully saturated rings. The summed E-state index contributed by atoms with van der Waals surface area (Å²) in [4.78, 5) is 7.09. The van der Waals surface area contributed by atoms with Gasteiger partial charge in [0.15, 0.2) is 0 Å². The molecule has 1 aliphatic heterocycles. The largest absolute Gasteiger partial charge is 0.394 e. The van der Waals surface area contributed by atoms with Gasteiger partial charge in [-0.2, -0.15) is 0 Å². The van der Waals surface area contributed by atoms with Gasteiger partial charge in [0, 0.05) is 6.54 Å². The Kier molecular flexibility index (Phi) is 5.11. The summed E-state index contributed by atoms with van der Waals surface area (Å²) in [6, 6.07) is 20.6. The molecule has 3 rings (SSSR count). The second kappa shape index (κ2) is 7.45. The third kappa shape index (κ3) is 3.26. The van der Waals surface area contributed by atoms with Gasteiger partial charge in [-0.05, 0) is 23.1 Å². The van der Waals surface area contributed by atoms with E-state index in [4.69, 9.17) is 4.99 Å². The van der Waals surface area contributed by atoms with Gasteiger partial charge in [-0.15, -0.1) is 0 Å². The summed E-state index contributed by atoms with van der Waals surface area (Å²) in [7, 11) is 0. The predicted octanol–water partition coefficient (Wildman–Crippen LogP) is 3.97.